The van der Waals surface area contributed by atoms with Gasteiger partial charge < -0.3 is 5.11 Å². The largest absolute Gasteiger partial charge is 0.508 e. The molecule has 134 valence electrons. The molecule has 1 aliphatic carbocycles. The van der Waals surface area contributed by atoms with Gasteiger partial charge in [-0.3, -0.25) is 4.90 Å². The zero-order valence-electron chi connectivity index (χ0n) is 15.1. The standard InChI is InChI=1S/C22H27NO.ClH/c1-16-21-14-18-8-9-19(24)15-20(18)22(16,2)11-13-23(21)12-10-17-6-4-3-5-7-17;/h3-9,15-16,21,24H,10-14H2,1-2H3;1H. The lowest BCUT2D eigenvalue weighted by atomic mass is 9.59. The Balaban J connectivity index is 0.00000182. The summed E-state index contributed by atoms with van der Waals surface area (Å²) in [5.41, 5.74) is 4.44. The molecule has 25 heavy (non-hydrogen) atoms. The fourth-order valence-electron chi connectivity index (χ4n) is 4.89. The fraction of sp³-hybridized carbons (Fsp3) is 0.455. The lowest BCUT2D eigenvalue weighted by molar-refractivity contribution is 0.0322. The zero-order valence-corrected chi connectivity index (χ0v) is 15.9. The Kier molecular flexibility index (Phi) is 5.13. The topological polar surface area (TPSA) is 23.5 Å². The molecular weight excluding hydrogens is 330 g/mol. The van der Waals surface area contributed by atoms with Gasteiger partial charge in [0.05, 0.1) is 0 Å². The van der Waals surface area contributed by atoms with Crippen LogP contribution in [0.15, 0.2) is 48.5 Å². The van der Waals surface area contributed by atoms with Gasteiger partial charge in [-0.2, -0.15) is 0 Å². The average molecular weight is 358 g/mol. The summed E-state index contributed by atoms with van der Waals surface area (Å²) in [6.07, 6.45) is 3.42. The highest BCUT2D eigenvalue weighted by Crippen LogP contribution is 2.49. The van der Waals surface area contributed by atoms with Gasteiger partial charge in [0.2, 0.25) is 0 Å². The van der Waals surface area contributed by atoms with Gasteiger partial charge in [-0.1, -0.05) is 50.2 Å². The van der Waals surface area contributed by atoms with E-state index in [1.807, 2.05) is 12.1 Å². The van der Waals surface area contributed by atoms with Crippen LogP contribution in [0, 0.1) is 5.92 Å². The number of benzene rings is 2. The van der Waals surface area contributed by atoms with E-state index in [9.17, 15) is 5.11 Å². The predicted molar refractivity (Wildman–Crippen MR) is 106 cm³/mol. The number of phenolic OH excluding ortho intramolecular Hbond substituents is 1. The summed E-state index contributed by atoms with van der Waals surface area (Å²) in [5.74, 6) is 1.03. The molecule has 2 aromatic rings. The van der Waals surface area contributed by atoms with Crippen molar-refractivity contribution in [3.8, 4) is 5.75 Å². The Bertz CT molecular complexity index is 732. The number of likely N-dealkylation sites (tertiary alicyclic amines) is 1. The van der Waals surface area contributed by atoms with E-state index < -0.39 is 0 Å². The van der Waals surface area contributed by atoms with Crippen LogP contribution in [0.2, 0.25) is 0 Å². The number of rotatable bonds is 3. The van der Waals surface area contributed by atoms with E-state index in [4.69, 9.17) is 0 Å². The van der Waals surface area contributed by atoms with E-state index in [-0.39, 0.29) is 17.8 Å². The maximum Gasteiger partial charge on any atom is 0.115 e. The first-order valence-corrected chi connectivity index (χ1v) is 9.18. The maximum atomic E-state index is 9.94. The van der Waals surface area contributed by atoms with Crippen LogP contribution in [0.4, 0.5) is 0 Å². The lowest BCUT2D eigenvalue weighted by Gasteiger charge is -2.54. The van der Waals surface area contributed by atoms with Crippen molar-refractivity contribution in [3.05, 3.63) is 65.2 Å². The highest BCUT2D eigenvalue weighted by molar-refractivity contribution is 5.85. The first-order chi connectivity index (χ1) is 11.6. The molecule has 2 aromatic carbocycles. The molecule has 0 saturated carbocycles. The molecule has 0 spiro atoms. The third-order valence-corrected chi connectivity index (χ3v) is 6.64. The number of nitrogens with zero attached hydrogens (tertiary/aromatic N) is 1. The van der Waals surface area contributed by atoms with Crippen LogP contribution in [0.5, 0.6) is 5.75 Å². The summed E-state index contributed by atoms with van der Waals surface area (Å²) in [5, 5.41) is 9.94. The minimum absolute atomic E-state index is 0. The van der Waals surface area contributed by atoms with Gasteiger partial charge in [-0.25, -0.2) is 0 Å². The zero-order chi connectivity index (χ0) is 16.7. The molecule has 3 unspecified atom stereocenters. The highest BCUT2D eigenvalue weighted by Gasteiger charge is 2.48. The van der Waals surface area contributed by atoms with Crippen LogP contribution in [-0.4, -0.2) is 29.1 Å². The quantitative estimate of drug-likeness (QED) is 0.869. The first-order valence-electron chi connectivity index (χ1n) is 9.18. The molecule has 0 amide bonds. The molecule has 1 heterocycles. The minimum Gasteiger partial charge on any atom is -0.508 e. The van der Waals surface area contributed by atoms with Crippen molar-refractivity contribution in [2.24, 2.45) is 5.92 Å². The van der Waals surface area contributed by atoms with Crippen molar-refractivity contribution in [1.29, 1.82) is 0 Å². The normalized spacial score (nSPS) is 28.1. The number of aromatic hydroxyl groups is 1. The average Bonchev–Trinajstić information content (AvgIpc) is 2.59. The molecular formula is C22H28ClNO. The minimum atomic E-state index is 0. The molecule has 0 aromatic heterocycles. The monoisotopic (exact) mass is 357 g/mol. The summed E-state index contributed by atoms with van der Waals surface area (Å²) >= 11 is 0. The van der Waals surface area contributed by atoms with Gasteiger partial charge in [0, 0.05) is 12.6 Å². The first kappa shape index (κ1) is 18.3. The summed E-state index contributed by atoms with van der Waals surface area (Å²) < 4.78 is 0. The predicted octanol–water partition coefficient (Wildman–Crippen LogP) is 4.58. The molecule has 4 rings (SSSR count). The second-order valence-corrected chi connectivity index (χ2v) is 7.84. The van der Waals surface area contributed by atoms with Crippen molar-refractivity contribution >= 4 is 12.4 Å². The number of hydrogen-bond acceptors (Lipinski definition) is 2. The molecule has 3 atom stereocenters. The van der Waals surface area contributed by atoms with Gasteiger partial charge in [0.25, 0.3) is 0 Å². The molecule has 3 heteroatoms. The van der Waals surface area contributed by atoms with Crippen molar-refractivity contribution in [2.45, 2.75) is 44.6 Å². The van der Waals surface area contributed by atoms with Crippen molar-refractivity contribution < 1.29 is 5.11 Å². The Hall–Kier alpha value is -1.51. The molecule has 1 aliphatic heterocycles. The second kappa shape index (κ2) is 7.01. The van der Waals surface area contributed by atoms with E-state index in [0.717, 1.165) is 25.9 Å². The fourth-order valence-corrected chi connectivity index (χ4v) is 4.89. The van der Waals surface area contributed by atoms with Gasteiger partial charge in [0.15, 0.2) is 0 Å². The van der Waals surface area contributed by atoms with E-state index in [2.05, 4.69) is 55.1 Å². The van der Waals surface area contributed by atoms with Crippen LogP contribution >= 0.6 is 12.4 Å². The van der Waals surface area contributed by atoms with Crippen LogP contribution in [0.25, 0.3) is 0 Å². The van der Waals surface area contributed by atoms with E-state index >= 15 is 0 Å². The summed E-state index contributed by atoms with van der Waals surface area (Å²) in [7, 11) is 0. The molecule has 2 nitrogen and oxygen atoms in total. The van der Waals surface area contributed by atoms with E-state index in [0.29, 0.717) is 17.7 Å². The Morgan fingerprint density at radius 2 is 1.92 bits per heavy atom. The SMILES string of the molecule is CC1C2Cc3ccc(O)cc3C1(C)CCN2CCc1ccccc1.Cl. The Morgan fingerprint density at radius 1 is 1.16 bits per heavy atom. The van der Waals surface area contributed by atoms with Crippen LogP contribution < -0.4 is 0 Å². The number of hydrogen-bond donors (Lipinski definition) is 1. The van der Waals surface area contributed by atoms with Crippen molar-refractivity contribution in [1.82, 2.24) is 4.90 Å². The second-order valence-electron chi connectivity index (χ2n) is 7.84. The van der Waals surface area contributed by atoms with Crippen LogP contribution in [0.1, 0.15) is 37.0 Å². The molecule has 2 bridgehead atoms. The summed E-state index contributed by atoms with van der Waals surface area (Å²) in [6, 6.07) is 17.4. The molecule has 0 radical (unpaired) electrons. The highest BCUT2D eigenvalue weighted by atomic mass is 35.5. The number of piperidine rings is 1. The Labute approximate surface area is 157 Å². The lowest BCUT2D eigenvalue weighted by Crippen LogP contribution is -2.58. The molecule has 1 saturated heterocycles. The number of fused-ring (bicyclic) bond motifs is 4. The van der Waals surface area contributed by atoms with Crippen LogP contribution in [0.3, 0.4) is 0 Å². The van der Waals surface area contributed by atoms with Gasteiger partial charge >= 0.3 is 0 Å². The van der Waals surface area contributed by atoms with Crippen molar-refractivity contribution in [3.63, 3.8) is 0 Å². The third-order valence-electron chi connectivity index (χ3n) is 6.64. The van der Waals surface area contributed by atoms with E-state index in [1.165, 1.54) is 23.1 Å². The maximum absolute atomic E-state index is 9.94. The molecule has 1 fully saturated rings. The van der Waals surface area contributed by atoms with Crippen LogP contribution in [-0.2, 0) is 18.3 Å². The number of halogens is 1. The smallest absolute Gasteiger partial charge is 0.115 e. The van der Waals surface area contributed by atoms with Gasteiger partial charge in [0.1, 0.15) is 5.75 Å². The van der Waals surface area contributed by atoms with E-state index in [1.54, 1.807) is 0 Å². The third kappa shape index (κ3) is 3.18. The van der Waals surface area contributed by atoms with Gasteiger partial charge in [-0.05, 0) is 66.0 Å². The van der Waals surface area contributed by atoms with Gasteiger partial charge in [-0.15, -0.1) is 12.4 Å². The summed E-state index contributed by atoms with van der Waals surface area (Å²) in [4.78, 5) is 2.70. The summed E-state index contributed by atoms with van der Waals surface area (Å²) in [6.45, 7) is 7.11. The Morgan fingerprint density at radius 3 is 2.68 bits per heavy atom. The molecule has 2 aliphatic rings. The molecule has 1 N–H and O–H groups in total. The number of phenols is 1. The van der Waals surface area contributed by atoms with Crippen molar-refractivity contribution in [2.75, 3.05) is 13.1 Å².